The maximum absolute atomic E-state index is 12.9. The Morgan fingerprint density at radius 2 is 0.690 bits per heavy atom. The Morgan fingerprint density at radius 3 is 0.966 bits per heavy atom. The molecule has 0 aliphatic heterocycles. The number of aryl methyl sites for hydroxylation is 8. The van der Waals surface area contributed by atoms with E-state index in [1.165, 1.54) is 226 Å². The molecule has 87 heavy (non-hydrogen) atoms. The van der Waals surface area contributed by atoms with Crippen LogP contribution in [0.2, 0.25) is 18.1 Å². The van der Waals surface area contributed by atoms with Gasteiger partial charge in [-0.1, -0.05) is 271 Å². The van der Waals surface area contributed by atoms with Crippen molar-refractivity contribution in [2.45, 2.75) is 260 Å². The van der Waals surface area contributed by atoms with Crippen molar-refractivity contribution in [3.8, 4) is 22.3 Å². The van der Waals surface area contributed by atoms with E-state index in [9.17, 15) is 13.5 Å². The highest BCUT2D eigenvalue weighted by molar-refractivity contribution is 9.11. The molecule has 0 bridgehead atoms. The second kappa shape index (κ2) is 37.7. The van der Waals surface area contributed by atoms with Crippen LogP contribution in [0.4, 0.5) is 0 Å². The molecule has 0 atom stereocenters. The third kappa shape index (κ3) is 21.2. The van der Waals surface area contributed by atoms with Crippen LogP contribution in [0.25, 0.3) is 22.3 Å². The lowest BCUT2D eigenvalue weighted by Crippen LogP contribution is -2.27. The highest BCUT2D eigenvalue weighted by Crippen LogP contribution is 2.55. The molecule has 0 fully saturated rings. The molecule has 0 aromatic heterocycles. The largest absolute Gasteiger partial charge is 0.376 e. The number of unbranched alkanes of at least 4 members (excludes halogenated alkanes) is 12. The van der Waals surface area contributed by atoms with Crippen LogP contribution in [0.15, 0.2) is 103 Å². The highest BCUT2D eigenvalue weighted by Gasteiger charge is 2.44. The number of aliphatic hydroxyl groups is 1. The quantitative estimate of drug-likeness (QED) is 0.0278. The van der Waals surface area contributed by atoms with Gasteiger partial charge in [0.15, 0.2) is 0 Å². The number of rotatable bonds is 29. The molecule has 2 N–H and O–H groups in total. The Hall–Kier alpha value is -2.67. The zero-order valence-electron chi connectivity index (χ0n) is 55.5. The van der Waals surface area contributed by atoms with Crippen molar-refractivity contribution in [3.05, 3.63) is 181 Å². The van der Waals surface area contributed by atoms with Gasteiger partial charge in [-0.3, -0.25) is 4.55 Å². The highest BCUT2D eigenvalue weighted by atomic mass is 79.9. The third-order valence-electron chi connectivity index (χ3n) is 18.2. The topological polar surface area (TPSA) is 74.6 Å². The zero-order chi connectivity index (χ0) is 63.8. The third-order valence-corrected chi connectivity index (χ3v) is 24.6. The molecule has 0 unspecified atom stereocenters. The van der Waals surface area contributed by atoms with E-state index in [0.717, 1.165) is 64.2 Å². The molecule has 0 saturated heterocycles. The minimum absolute atomic E-state index is 0.171. The molecule has 4 nitrogen and oxygen atoms in total. The van der Waals surface area contributed by atoms with Crippen LogP contribution in [-0.4, -0.2) is 33.1 Å². The molecule has 0 spiro atoms. The predicted molar refractivity (Wildman–Crippen MR) is 395 cm³/mol. The van der Waals surface area contributed by atoms with Gasteiger partial charge in [0.05, 0.1) is 6.26 Å². The average Bonchev–Trinajstić information content (AvgIpc) is 1.58. The van der Waals surface area contributed by atoms with Crippen LogP contribution < -0.4 is 0 Å². The van der Waals surface area contributed by atoms with E-state index in [2.05, 4.69) is 225 Å². The van der Waals surface area contributed by atoms with Gasteiger partial charge in [0.1, 0.15) is 5.60 Å². The van der Waals surface area contributed by atoms with E-state index >= 15 is 0 Å². The van der Waals surface area contributed by atoms with Crippen molar-refractivity contribution in [1.29, 1.82) is 0 Å². The summed E-state index contributed by atoms with van der Waals surface area (Å²) in [5, 5.41) is 12.9. The van der Waals surface area contributed by atoms with Gasteiger partial charge in [0.2, 0.25) is 0 Å². The molecule has 6 aromatic carbocycles. The molecule has 0 amide bonds. The summed E-state index contributed by atoms with van der Waals surface area (Å²) in [4.78, 5) is 0. The minimum atomic E-state index is -3.67. The normalized spacial score (nSPS) is 12.8. The van der Waals surface area contributed by atoms with E-state index in [1.807, 2.05) is 0 Å². The lowest BCUT2D eigenvalue weighted by atomic mass is 9.81. The standard InChI is InChI=1S/C35H44Br2O.C35H44Br2.C6H16Si.CH4O3S/c1-5-9-11-13-15-24-17-25(16-14-12-10-6-2)19-28(18-24)35(38)31-22-33(36)26(7-3)20-29(31)30-21-27(8-4)34(37)23-32(30)35;1-5-9-11-13-15-24-17-25(16-14-12-10-6-2)19-28(18-24)35-31-22-33(36)26(7-3)20-29(31)30-21-27(8-4)34(37)23-32(30)35;1-4-7(5-2)6-3;1-5(2,3)4/h17-23,38H,5-16H2,1-4H3;17-23,35H,5-16H2,1-4H3;7H,4-6H2,1-3H3;1H3,(H,2,3,4). The summed E-state index contributed by atoms with van der Waals surface area (Å²) in [6.45, 7) is 25.0. The maximum atomic E-state index is 12.9. The number of benzene rings is 6. The second-order valence-electron chi connectivity index (χ2n) is 24.8. The van der Waals surface area contributed by atoms with Gasteiger partial charge in [-0.25, -0.2) is 0 Å². The van der Waals surface area contributed by atoms with Crippen LogP contribution in [0.3, 0.4) is 0 Å². The van der Waals surface area contributed by atoms with E-state index in [-0.39, 0.29) is 8.80 Å². The maximum Gasteiger partial charge on any atom is 0.261 e. The Morgan fingerprint density at radius 1 is 0.402 bits per heavy atom. The Bertz CT molecular complexity index is 3050. The summed E-state index contributed by atoms with van der Waals surface area (Å²) in [6, 6.07) is 37.8. The summed E-state index contributed by atoms with van der Waals surface area (Å²) >= 11 is 15.5. The Labute approximate surface area is 565 Å². The predicted octanol–water partition coefficient (Wildman–Crippen LogP) is 24.4. The number of halogens is 4. The SMILES string of the molecule is CCCCCCc1cc(CCCCCC)cc(C2(O)c3cc(Br)c(CC)cc3-c3cc(CC)c(Br)cc32)c1.CCCCCCc1cc(CCCCCC)cc(C2c3cc(Br)c(CC)cc3-c3cc(CC)c(Br)cc32)c1.CC[SiH](CC)CC.CS(=O)(=O)O. The van der Waals surface area contributed by atoms with Crippen molar-refractivity contribution in [1.82, 2.24) is 0 Å². The average molecular weight is 1480 g/mol. The van der Waals surface area contributed by atoms with Crippen LogP contribution in [-0.2, 0) is 67.1 Å². The summed E-state index contributed by atoms with van der Waals surface area (Å²) in [7, 11) is -3.84. The van der Waals surface area contributed by atoms with Crippen LogP contribution in [0.1, 0.15) is 263 Å². The van der Waals surface area contributed by atoms with Crippen molar-refractivity contribution < 1.29 is 18.1 Å². The fourth-order valence-corrected chi connectivity index (χ4v) is 17.2. The fourth-order valence-electron chi connectivity index (χ4n) is 13.0. The first-order valence-corrected chi connectivity index (χ1v) is 41.4. The second-order valence-corrected chi connectivity index (χ2v) is 33.9. The monoisotopic (exact) mass is 1470 g/mol. The lowest BCUT2D eigenvalue weighted by Gasteiger charge is -2.29. The lowest BCUT2D eigenvalue weighted by molar-refractivity contribution is 0.130. The first kappa shape index (κ1) is 75.0. The number of fused-ring (bicyclic) bond motifs is 6. The molecule has 10 heteroatoms. The van der Waals surface area contributed by atoms with Crippen LogP contribution in [0.5, 0.6) is 0 Å². The van der Waals surface area contributed by atoms with E-state index in [0.29, 0.717) is 12.2 Å². The first-order valence-electron chi connectivity index (χ1n) is 33.9. The minimum Gasteiger partial charge on any atom is -0.376 e. The fraction of sp³-hybridized carbons (Fsp3) is 0.532. The van der Waals surface area contributed by atoms with Gasteiger partial charge in [0, 0.05) is 43.7 Å². The van der Waals surface area contributed by atoms with E-state index in [1.54, 1.807) is 0 Å². The van der Waals surface area contributed by atoms with Crippen LogP contribution >= 0.6 is 63.7 Å². The Kier molecular flexibility index (Phi) is 32.6. The van der Waals surface area contributed by atoms with Gasteiger partial charge in [-0.15, -0.1) is 0 Å². The van der Waals surface area contributed by atoms with Gasteiger partial charge in [0.25, 0.3) is 10.1 Å². The summed E-state index contributed by atoms with van der Waals surface area (Å²) < 4.78 is 30.5. The molecule has 6 aromatic rings. The van der Waals surface area contributed by atoms with E-state index in [4.69, 9.17) is 4.55 Å². The Balaban J connectivity index is 0.000000267. The van der Waals surface area contributed by atoms with Gasteiger partial charge in [-0.2, -0.15) is 8.42 Å². The van der Waals surface area contributed by atoms with Crippen molar-refractivity contribution in [2.75, 3.05) is 6.26 Å². The molecule has 2 aliphatic rings. The number of hydrogen-bond donors (Lipinski definition) is 2. The van der Waals surface area contributed by atoms with Crippen molar-refractivity contribution >= 4 is 82.6 Å². The number of hydrogen-bond acceptors (Lipinski definition) is 3. The van der Waals surface area contributed by atoms with Gasteiger partial charge >= 0.3 is 0 Å². The molecular formula is C77H108Br4O4SSi. The molecular weight excluding hydrogens is 1370 g/mol. The summed E-state index contributed by atoms with van der Waals surface area (Å²) in [5.41, 5.74) is 22.6. The molecule has 0 radical (unpaired) electrons. The summed E-state index contributed by atoms with van der Waals surface area (Å²) in [5.74, 6) is 0.291. The van der Waals surface area contributed by atoms with Crippen molar-refractivity contribution in [2.24, 2.45) is 0 Å². The molecule has 2 aliphatic carbocycles. The molecule has 0 heterocycles. The molecule has 8 rings (SSSR count). The smallest absolute Gasteiger partial charge is 0.261 e. The summed E-state index contributed by atoms with van der Waals surface area (Å²) in [6.07, 6.45) is 29.8. The molecule has 478 valence electrons. The van der Waals surface area contributed by atoms with Gasteiger partial charge in [-0.05, 0) is 215 Å². The first-order chi connectivity index (χ1) is 41.7. The van der Waals surface area contributed by atoms with Crippen molar-refractivity contribution in [3.63, 3.8) is 0 Å². The zero-order valence-corrected chi connectivity index (χ0v) is 63.8. The van der Waals surface area contributed by atoms with E-state index < -0.39 is 15.7 Å². The van der Waals surface area contributed by atoms with Gasteiger partial charge < -0.3 is 5.11 Å². The van der Waals surface area contributed by atoms with Crippen LogP contribution in [0, 0.1) is 0 Å². The molecule has 0 saturated carbocycles.